The monoisotopic (exact) mass is 305 g/mol. The lowest BCUT2D eigenvalue weighted by Gasteiger charge is -2.05. The number of nitrogens with one attached hydrogen (secondary N) is 1. The first-order chi connectivity index (χ1) is 10.1. The second-order valence-corrected chi connectivity index (χ2v) is 4.64. The van der Waals surface area contributed by atoms with Crippen molar-refractivity contribution in [2.45, 2.75) is 20.4 Å². The van der Waals surface area contributed by atoms with Crippen LogP contribution >= 0.6 is 11.6 Å². The Kier molecular flexibility index (Phi) is 3.53. The minimum Gasteiger partial charge on any atom is -0.444 e. The number of aromatic nitrogens is 6. The van der Waals surface area contributed by atoms with Crippen molar-refractivity contribution in [3.63, 3.8) is 0 Å². The topological polar surface area (TPSA) is 94.6 Å². The summed E-state index contributed by atoms with van der Waals surface area (Å²) in [6.45, 7) is 4.11. The zero-order valence-electron chi connectivity index (χ0n) is 11.4. The van der Waals surface area contributed by atoms with Crippen LogP contribution in [-0.4, -0.2) is 29.5 Å². The highest BCUT2D eigenvalue weighted by atomic mass is 35.5. The molecular formula is C12H12ClN7O. The lowest BCUT2D eigenvalue weighted by molar-refractivity contribution is 0.477. The van der Waals surface area contributed by atoms with Crippen molar-refractivity contribution in [3.8, 4) is 5.95 Å². The third-order valence-electron chi connectivity index (χ3n) is 2.80. The van der Waals surface area contributed by atoms with E-state index in [9.17, 15) is 0 Å². The molecule has 0 unspecified atom stereocenters. The molecule has 1 N–H and O–H groups in total. The quantitative estimate of drug-likeness (QED) is 0.787. The number of oxazole rings is 1. The van der Waals surface area contributed by atoms with Crippen molar-refractivity contribution >= 4 is 17.5 Å². The number of imidazole rings is 1. The lowest BCUT2D eigenvalue weighted by Crippen LogP contribution is -2.08. The Morgan fingerprint density at radius 3 is 2.76 bits per heavy atom. The average Bonchev–Trinajstić information content (AvgIpc) is 3.07. The fourth-order valence-electron chi connectivity index (χ4n) is 1.68. The van der Waals surface area contributed by atoms with Crippen LogP contribution in [0.25, 0.3) is 5.95 Å². The van der Waals surface area contributed by atoms with Gasteiger partial charge >= 0.3 is 0 Å². The highest BCUT2D eigenvalue weighted by molar-refractivity contribution is 6.28. The summed E-state index contributed by atoms with van der Waals surface area (Å²) in [4.78, 5) is 20.5. The van der Waals surface area contributed by atoms with E-state index in [2.05, 4.69) is 30.2 Å². The van der Waals surface area contributed by atoms with Crippen LogP contribution in [0.1, 0.15) is 17.3 Å². The molecule has 0 saturated heterocycles. The summed E-state index contributed by atoms with van der Waals surface area (Å²) in [5.41, 5.74) is 0.861. The molecular weight excluding hydrogens is 294 g/mol. The number of nitrogens with zero attached hydrogens (tertiary/aromatic N) is 6. The molecule has 0 spiro atoms. The van der Waals surface area contributed by atoms with E-state index in [0.29, 0.717) is 24.3 Å². The highest BCUT2D eigenvalue weighted by Gasteiger charge is 2.09. The molecule has 3 rings (SSSR count). The highest BCUT2D eigenvalue weighted by Crippen LogP contribution is 2.12. The smallest absolute Gasteiger partial charge is 0.241 e. The van der Waals surface area contributed by atoms with Gasteiger partial charge in [0.05, 0.1) is 12.2 Å². The lowest BCUT2D eigenvalue weighted by atomic mass is 10.4. The molecule has 8 nitrogen and oxygen atoms in total. The normalized spacial score (nSPS) is 10.8. The number of anilines is 1. The zero-order valence-corrected chi connectivity index (χ0v) is 12.2. The zero-order chi connectivity index (χ0) is 14.8. The van der Waals surface area contributed by atoms with E-state index in [1.807, 2.05) is 13.8 Å². The SMILES string of the molecule is Cc1nc(CNc2nc(Cl)nc(-n3ccnc3)n2)oc1C. The predicted molar refractivity (Wildman–Crippen MR) is 75.3 cm³/mol. The third kappa shape index (κ3) is 3.00. The minimum atomic E-state index is 0.0935. The molecule has 0 atom stereocenters. The van der Waals surface area contributed by atoms with Gasteiger partial charge in [0.1, 0.15) is 12.1 Å². The Morgan fingerprint density at radius 2 is 2.10 bits per heavy atom. The van der Waals surface area contributed by atoms with Gasteiger partial charge in [-0.3, -0.25) is 4.57 Å². The van der Waals surface area contributed by atoms with Gasteiger partial charge in [-0.25, -0.2) is 9.97 Å². The number of rotatable bonds is 4. The molecule has 3 aromatic rings. The predicted octanol–water partition coefficient (Wildman–Crippen LogP) is 1.93. The molecule has 0 saturated carbocycles. The maximum atomic E-state index is 5.90. The number of hydrogen-bond acceptors (Lipinski definition) is 7. The maximum Gasteiger partial charge on any atom is 0.241 e. The van der Waals surface area contributed by atoms with E-state index < -0.39 is 0 Å². The van der Waals surface area contributed by atoms with Crippen LogP contribution in [-0.2, 0) is 6.54 Å². The Bertz CT molecular complexity index is 734. The van der Waals surface area contributed by atoms with Gasteiger partial charge in [0, 0.05) is 12.4 Å². The largest absolute Gasteiger partial charge is 0.444 e. The van der Waals surface area contributed by atoms with Crippen molar-refractivity contribution < 1.29 is 4.42 Å². The van der Waals surface area contributed by atoms with Crippen LogP contribution < -0.4 is 5.32 Å². The maximum absolute atomic E-state index is 5.90. The van der Waals surface area contributed by atoms with Crippen LogP contribution in [0.4, 0.5) is 5.95 Å². The Hall–Kier alpha value is -2.48. The van der Waals surface area contributed by atoms with Crippen molar-refractivity contribution in [2.75, 3.05) is 5.32 Å². The first-order valence-electron chi connectivity index (χ1n) is 6.18. The van der Waals surface area contributed by atoms with Gasteiger partial charge < -0.3 is 9.73 Å². The van der Waals surface area contributed by atoms with E-state index in [0.717, 1.165) is 11.5 Å². The van der Waals surface area contributed by atoms with Gasteiger partial charge in [-0.05, 0) is 25.4 Å². The van der Waals surface area contributed by atoms with E-state index in [1.54, 1.807) is 23.3 Å². The standard InChI is InChI=1S/C12H12ClN7O/c1-7-8(2)21-9(16-7)5-15-11-17-10(13)18-12(19-11)20-4-3-14-6-20/h3-4,6H,5H2,1-2H3,(H,15,17,18,19). The molecule has 0 aliphatic carbocycles. The molecule has 0 aliphatic heterocycles. The summed E-state index contributed by atoms with van der Waals surface area (Å²) in [5.74, 6) is 2.08. The van der Waals surface area contributed by atoms with E-state index in [1.165, 1.54) is 0 Å². The van der Waals surface area contributed by atoms with Crippen molar-refractivity contribution in [3.05, 3.63) is 41.3 Å². The second kappa shape index (κ2) is 5.49. The fourth-order valence-corrected chi connectivity index (χ4v) is 1.84. The van der Waals surface area contributed by atoms with E-state index >= 15 is 0 Å². The van der Waals surface area contributed by atoms with Crippen LogP contribution in [0.15, 0.2) is 23.1 Å². The summed E-state index contributed by atoms with van der Waals surface area (Å²) in [5, 5.41) is 3.10. The van der Waals surface area contributed by atoms with Crippen LogP contribution in [0, 0.1) is 13.8 Å². The first kappa shape index (κ1) is 13.5. The Morgan fingerprint density at radius 1 is 1.24 bits per heavy atom. The van der Waals surface area contributed by atoms with Gasteiger partial charge in [0.15, 0.2) is 0 Å². The van der Waals surface area contributed by atoms with Crippen LogP contribution in [0.2, 0.25) is 5.28 Å². The van der Waals surface area contributed by atoms with Gasteiger partial charge in [-0.1, -0.05) is 0 Å². The summed E-state index contributed by atoms with van der Waals surface area (Å²) in [7, 11) is 0. The van der Waals surface area contributed by atoms with Gasteiger partial charge in [0.25, 0.3) is 0 Å². The molecule has 3 heterocycles. The molecule has 0 radical (unpaired) electrons. The molecule has 0 aromatic carbocycles. The van der Waals surface area contributed by atoms with Gasteiger partial charge in [-0.15, -0.1) is 0 Å². The Balaban J connectivity index is 1.79. The summed E-state index contributed by atoms with van der Waals surface area (Å²) < 4.78 is 7.11. The van der Waals surface area contributed by atoms with Crippen molar-refractivity contribution in [1.29, 1.82) is 0 Å². The molecule has 0 fully saturated rings. The minimum absolute atomic E-state index is 0.0935. The summed E-state index contributed by atoms with van der Waals surface area (Å²) in [6, 6.07) is 0. The average molecular weight is 306 g/mol. The summed E-state index contributed by atoms with van der Waals surface area (Å²) in [6.07, 6.45) is 4.93. The Labute approximate surface area is 125 Å². The third-order valence-corrected chi connectivity index (χ3v) is 2.97. The van der Waals surface area contributed by atoms with Crippen LogP contribution in [0.5, 0.6) is 0 Å². The number of aryl methyl sites for hydroxylation is 2. The van der Waals surface area contributed by atoms with E-state index in [-0.39, 0.29) is 5.28 Å². The summed E-state index contributed by atoms with van der Waals surface area (Å²) >= 11 is 5.90. The van der Waals surface area contributed by atoms with Gasteiger partial charge in [0.2, 0.25) is 23.1 Å². The molecule has 9 heteroatoms. The van der Waals surface area contributed by atoms with E-state index in [4.69, 9.17) is 16.0 Å². The number of hydrogen-bond donors (Lipinski definition) is 1. The fraction of sp³-hybridized carbons (Fsp3) is 0.250. The second-order valence-electron chi connectivity index (χ2n) is 4.30. The van der Waals surface area contributed by atoms with Crippen molar-refractivity contribution in [1.82, 2.24) is 29.5 Å². The molecule has 0 aliphatic rings. The molecule has 0 bridgehead atoms. The first-order valence-corrected chi connectivity index (χ1v) is 6.56. The molecule has 0 amide bonds. The molecule has 21 heavy (non-hydrogen) atoms. The van der Waals surface area contributed by atoms with Gasteiger partial charge in [-0.2, -0.15) is 15.0 Å². The molecule has 108 valence electrons. The molecule has 3 aromatic heterocycles. The number of halogens is 1. The van der Waals surface area contributed by atoms with Crippen molar-refractivity contribution in [2.24, 2.45) is 0 Å². The van der Waals surface area contributed by atoms with Crippen LogP contribution in [0.3, 0.4) is 0 Å².